The van der Waals surface area contributed by atoms with Gasteiger partial charge in [0, 0.05) is 25.2 Å². The maximum Gasteiger partial charge on any atom is 0.273 e. The van der Waals surface area contributed by atoms with Crippen LogP contribution in [0.2, 0.25) is 0 Å². The van der Waals surface area contributed by atoms with E-state index in [0.717, 1.165) is 31.2 Å². The Morgan fingerprint density at radius 3 is 2.70 bits per heavy atom. The van der Waals surface area contributed by atoms with E-state index in [2.05, 4.69) is 28.7 Å². The summed E-state index contributed by atoms with van der Waals surface area (Å²) < 4.78 is 4.94. The number of aromatic nitrogens is 1. The normalized spacial score (nSPS) is 17.0. The lowest BCUT2D eigenvalue weighted by molar-refractivity contribution is -0.131. The van der Waals surface area contributed by atoms with E-state index >= 15 is 0 Å². The van der Waals surface area contributed by atoms with Crippen molar-refractivity contribution in [1.82, 2.24) is 15.4 Å². The van der Waals surface area contributed by atoms with Gasteiger partial charge in [-0.25, -0.2) is 0 Å². The molecule has 2 amide bonds. The number of rotatable bonds is 4. The van der Waals surface area contributed by atoms with Crippen LogP contribution in [0.1, 0.15) is 52.2 Å². The molecule has 2 heterocycles. The van der Waals surface area contributed by atoms with E-state index in [0.29, 0.717) is 31.0 Å². The molecule has 1 aromatic heterocycles. The highest BCUT2D eigenvalue weighted by atomic mass is 16.5. The van der Waals surface area contributed by atoms with Crippen molar-refractivity contribution < 1.29 is 14.1 Å². The van der Waals surface area contributed by atoms with Gasteiger partial charge in [0.15, 0.2) is 5.69 Å². The summed E-state index contributed by atoms with van der Waals surface area (Å²) in [5, 5.41) is 6.73. The number of hydrogen-bond acceptors (Lipinski definition) is 4. The van der Waals surface area contributed by atoms with Gasteiger partial charge in [-0.3, -0.25) is 9.59 Å². The molecule has 6 heteroatoms. The molecule has 27 heavy (non-hydrogen) atoms. The van der Waals surface area contributed by atoms with Gasteiger partial charge < -0.3 is 14.7 Å². The van der Waals surface area contributed by atoms with Crippen LogP contribution in [0.5, 0.6) is 0 Å². The summed E-state index contributed by atoms with van der Waals surface area (Å²) in [6.45, 7) is 3.11. The Hall–Kier alpha value is -2.63. The average Bonchev–Trinajstić information content (AvgIpc) is 3.30. The van der Waals surface area contributed by atoms with Crippen LogP contribution in [-0.2, 0) is 24.1 Å². The molecular formula is C21H25N3O3. The van der Waals surface area contributed by atoms with Gasteiger partial charge in [-0.1, -0.05) is 23.4 Å². The fraction of sp³-hybridized carbons (Fsp3) is 0.476. The third-order valence-electron chi connectivity index (χ3n) is 5.56. The van der Waals surface area contributed by atoms with E-state index in [1.165, 1.54) is 17.5 Å². The molecule has 1 aromatic carbocycles. The number of amides is 2. The predicted octanol–water partition coefficient (Wildman–Crippen LogP) is 2.44. The van der Waals surface area contributed by atoms with E-state index in [9.17, 15) is 9.59 Å². The first-order chi connectivity index (χ1) is 13.1. The summed E-state index contributed by atoms with van der Waals surface area (Å²) in [5.41, 5.74) is 4.26. The second-order valence-corrected chi connectivity index (χ2v) is 7.58. The standard InChI is InChI=1S/C21H25N3O3/c1-14-11-19(23-27-14)21(26)22-18-7-9-24(10-8-18)20(25)13-15-5-6-16-3-2-4-17(16)12-15/h5-6,11-12,18H,2-4,7-10,13H2,1H3,(H,22,26). The Balaban J connectivity index is 1.27. The van der Waals surface area contributed by atoms with Gasteiger partial charge in [0.05, 0.1) is 6.42 Å². The molecule has 0 unspecified atom stereocenters. The quantitative estimate of drug-likeness (QED) is 0.901. The van der Waals surface area contributed by atoms with Crippen molar-refractivity contribution in [2.75, 3.05) is 13.1 Å². The predicted molar refractivity (Wildman–Crippen MR) is 100 cm³/mol. The zero-order valence-electron chi connectivity index (χ0n) is 15.7. The van der Waals surface area contributed by atoms with Crippen LogP contribution in [0.15, 0.2) is 28.8 Å². The molecule has 142 valence electrons. The topological polar surface area (TPSA) is 75.4 Å². The highest BCUT2D eigenvalue weighted by Crippen LogP contribution is 2.23. The molecule has 0 radical (unpaired) electrons. The van der Waals surface area contributed by atoms with Gasteiger partial charge in [0.2, 0.25) is 5.91 Å². The first-order valence-electron chi connectivity index (χ1n) is 9.71. The number of aryl methyl sites for hydroxylation is 3. The van der Waals surface area contributed by atoms with E-state index in [4.69, 9.17) is 4.52 Å². The SMILES string of the molecule is Cc1cc(C(=O)NC2CCN(C(=O)Cc3ccc4c(c3)CCC4)CC2)no1. The number of benzene rings is 1. The number of fused-ring (bicyclic) bond motifs is 1. The Morgan fingerprint density at radius 2 is 1.96 bits per heavy atom. The number of carbonyl (C=O) groups excluding carboxylic acids is 2. The first kappa shape index (κ1) is 17.8. The summed E-state index contributed by atoms with van der Waals surface area (Å²) in [6, 6.07) is 8.17. The lowest BCUT2D eigenvalue weighted by Gasteiger charge is -2.32. The first-order valence-corrected chi connectivity index (χ1v) is 9.71. The number of piperidine rings is 1. The maximum absolute atomic E-state index is 12.6. The molecule has 0 bridgehead atoms. The van der Waals surface area contributed by atoms with Crippen LogP contribution in [0.25, 0.3) is 0 Å². The second kappa shape index (κ2) is 7.55. The van der Waals surface area contributed by atoms with E-state index in [-0.39, 0.29) is 17.9 Å². The summed E-state index contributed by atoms with van der Waals surface area (Å²) in [4.78, 5) is 26.7. The van der Waals surface area contributed by atoms with Crippen LogP contribution in [-0.4, -0.2) is 41.0 Å². The van der Waals surface area contributed by atoms with Crippen molar-refractivity contribution in [2.24, 2.45) is 0 Å². The summed E-state index contributed by atoms with van der Waals surface area (Å²) in [6.07, 6.45) is 5.50. The highest BCUT2D eigenvalue weighted by molar-refractivity contribution is 5.92. The van der Waals surface area contributed by atoms with Crippen molar-refractivity contribution in [1.29, 1.82) is 0 Å². The van der Waals surface area contributed by atoms with Crippen LogP contribution < -0.4 is 5.32 Å². The minimum atomic E-state index is -0.213. The zero-order chi connectivity index (χ0) is 18.8. The molecular weight excluding hydrogens is 342 g/mol. The largest absolute Gasteiger partial charge is 0.361 e. The van der Waals surface area contributed by atoms with Crippen LogP contribution >= 0.6 is 0 Å². The smallest absolute Gasteiger partial charge is 0.273 e. The fourth-order valence-corrected chi connectivity index (χ4v) is 4.03. The molecule has 1 aliphatic carbocycles. The van der Waals surface area contributed by atoms with Gasteiger partial charge in [0.25, 0.3) is 5.91 Å². The summed E-state index contributed by atoms with van der Waals surface area (Å²) >= 11 is 0. The molecule has 1 N–H and O–H groups in total. The van der Waals surface area contributed by atoms with Gasteiger partial charge in [0.1, 0.15) is 5.76 Å². The fourth-order valence-electron chi connectivity index (χ4n) is 4.03. The van der Waals surface area contributed by atoms with Gasteiger partial charge in [-0.15, -0.1) is 0 Å². The molecule has 1 saturated heterocycles. The lowest BCUT2D eigenvalue weighted by atomic mass is 10.0. The van der Waals surface area contributed by atoms with Crippen molar-refractivity contribution in [3.63, 3.8) is 0 Å². The van der Waals surface area contributed by atoms with Gasteiger partial charge in [-0.05, 0) is 55.7 Å². The number of nitrogens with zero attached hydrogens (tertiary/aromatic N) is 2. The summed E-state index contributed by atoms with van der Waals surface area (Å²) in [5.74, 6) is 0.576. The number of hydrogen-bond donors (Lipinski definition) is 1. The zero-order valence-corrected chi connectivity index (χ0v) is 15.7. The summed E-state index contributed by atoms with van der Waals surface area (Å²) in [7, 11) is 0. The van der Waals surface area contributed by atoms with Crippen molar-refractivity contribution in [3.05, 3.63) is 52.4 Å². The van der Waals surface area contributed by atoms with E-state index < -0.39 is 0 Å². The Morgan fingerprint density at radius 1 is 1.19 bits per heavy atom. The van der Waals surface area contributed by atoms with Crippen LogP contribution in [0.4, 0.5) is 0 Å². The Kier molecular flexibility index (Phi) is 4.97. The van der Waals surface area contributed by atoms with Crippen LogP contribution in [0.3, 0.4) is 0 Å². The molecule has 2 aliphatic rings. The number of likely N-dealkylation sites (tertiary alicyclic amines) is 1. The minimum Gasteiger partial charge on any atom is -0.361 e. The molecule has 6 nitrogen and oxygen atoms in total. The molecule has 0 atom stereocenters. The van der Waals surface area contributed by atoms with Gasteiger partial charge in [-0.2, -0.15) is 0 Å². The average molecular weight is 367 g/mol. The van der Waals surface area contributed by atoms with Gasteiger partial charge >= 0.3 is 0 Å². The minimum absolute atomic E-state index is 0.0681. The lowest BCUT2D eigenvalue weighted by Crippen LogP contribution is -2.47. The molecule has 1 aliphatic heterocycles. The highest BCUT2D eigenvalue weighted by Gasteiger charge is 2.25. The Labute approximate surface area is 158 Å². The maximum atomic E-state index is 12.6. The third-order valence-corrected chi connectivity index (χ3v) is 5.56. The monoisotopic (exact) mass is 367 g/mol. The molecule has 1 fully saturated rings. The van der Waals surface area contributed by atoms with Crippen molar-refractivity contribution >= 4 is 11.8 Å². The van der Waals surface area contributed by atoms with E-state index in [1.807, 2.05) is 4.90 Å². The number of nitrogens with one attached hydrogen (secondary N) is 1. The van der Waals surface area contributed by atoms with Crippen LogP contribution in [0, 0.1) is 6.92 Å². The third kappa shape index (κ3) is 4.04. The molecule has 4 rings (SSSR count). The Bertz CT molecular complexity index is 850. The van der Waals surface area contributed by atoms with Crippen molar-refractivity contribution in [3.8, 4) is 0 Å². The molecule has 0 spiro atoms. The molecule has 2 aromatic rings. The second-order valence-electron chi connectivity index (χ2n) is 7.58. The van der Waals surface area contributed by atoms with Crippen molar-refractivity contribution in [2.45, 2.75) is 51.5 Å². The number of carbonyl (C=O) groups is 2. The molecule has 0 saturated carbocycles. The van der Waals surface area contributed by atoms with E-state index in [1.54, 1.807) is 13.0 Å².